The number of nitrogens with two attached hydrogens (primary N) is 1. The Morgan fingerprint density at radius 1 is 1.33 bits per heavy atom. The lowest BCUT2D eigenvalue weighted by molar-refractivity contribution is 0.0828. The second-order valence-electron chi connectivity index (χ2n) is 5.73. The maximum atomic E-state index is 12.1. The van der Waals surface area contributed by atoms with Crippen LogP contribution in [-0.2, 0) is 4.74 Å². The first kappa shape index (κ1) is 17.3. The van der Waals surface area contributed by atoms with Crippen molar-refractivity contribution < 1.29 is 9.53 Å². The van der Waals surface area contributed by atoms with Crippen LogP contribution in [0.3, 0.4) is 0 Å². The predicted molar refractivity (Wildman–Crippen MR) is 87.6 cm³/mol. The van der Waals surface area contributed by atoms with Crippen molar-refractivity contribution in [3.63, 3.8) is 0 Å². The number of ether oxygens (including phenoxy) is 1. The van der Waals surface area contributed by atoms with E-state index in [1.165, 1.54) is 0 Å². The summed E-state index contributed by atoms with van der Waals surface area (Å²) in [5.74, 6) is 0.606. The molecule has 1 amide bonds. The average molecular weight is 293 g/mol. The summed E-state index contributed by atoms with van der Waals surface area (Å²) in [6.07, 6.45) is 1.06. The number of nitrogens with zero attached hydrogens (tertiary/aromatic N) is 1. The topological polar surface area (TPSA) is 67.6 Å². The number of carbonyl (C=O) groups is 1. The second kappa shape index (κ2) is 8.52. The Balaban J connectivity index is 2.53. The molecule has 5 heteroatoms. The molecule has 1 aromatic carbocycles. The minimum atomic E-state index is -0.0433. The number of nitrogens with one attached hydrogen (secondary N) is 1. The van der Waals surface area contributed by atoms with Gasteiger partial charge in [0.05, 0.1) is 12.2 Å². The minimum Gasteiger partial charge on any atom is -0.399 e. The van der Waals surface area contributed by atoms with Gasteiger partial charge in [0.1, 0.15) is 0 Å². The summed E-state index contributed by atoms with van der Waals surface area (Å²) in [5.41, 5.74) is 7.80. The smallest absolute Gasteiger partial charge is 0.255 e. The largest absolute Gasteiger partial charge is 0.399 e. The van der Waals surface area contributed by atoms with Gasteiger partial charge in [-0.1, -0.05) is 13.8 Å². The minimum absolute atomic E-state index is 0.0433. The molecule has 5 nitrogen and oxygen atoms in total. The molecule has 0 aromatic heterocycles. The van der Waals surface area contributed by atoms with Crippen LogP contribution in [0.2, 0.25) is 0 Å². The van der Waals surface area contributed by atoms with Crippen molar-refractivity contribution in [1.29, 1.82) is 0 Å². The molecule has 0 aliphatic carbocycles. The van der Waals surface area contributed by atoms with Crippen molar-refractivity contribution in [2.75, 3.05) is 44.9 Å². The summed E-state index contributed by atoms with van der Waals surface area (Å²) in [5, 5.41) is 3.23. The number of amides is 1. The molecule has 0 bridgehead atoms. The van der Waals surface area contributed by atoms with E-state index < -0.39 is 0 Å². The molecule has 0 unspecified atom stereocenters. The monoisotopic (exact) mass is 293 g/mol. The van der Waals surface area contributed by atoms with Crippen LogP contribution >= 0.6 is 0 Å². The fraction of sp³-hybridized carbons (Fsp3) is 0.562. The van der Waals surface area contributed by atoms with Crippen LogP contribution in [0.15, 0.2) is 18.2 Å². The normalized spacial score (nSPS) is 10.7. The Labute approximate surface area is 127 Å². The summed E-state index contributed by atoms with van der Waals surface area (Å²) in [6, 6.07) is 5.27. The highest BCUT2D eigenvalue weighted by atomic mass is 16.5. The van der Waals surface area contributed by atoms with Gasteiger partial charge in [0, 0.05) is 38.6 Å². The lowest BCUT2D eigenvalue weighted by atomic mass is 10.1. The maximum absolute atomic E-state index is 12.1. The molecule has 0 radical (unpaired) electrons. The Bertz CT molecular complexity index is 459. The maximum Gasteiger partial charge on any atom is 0.255 e. The van der Waals surface area contributed by atoms with Crippen LogP contribution in [0.25, 0.3) is 0 Å². The molecule has 0 aliphatic rings. The number of anilines is 2. The quantitative estimate of drug-likeness (QED) is 0.570. The number of rotatable bonds is 8. The van der Waals surface area contributed by atoms with Crippen LogP contribution in [-0.4, -0.2) is 44.7 Å². The fourth-order valence-electron chi connectivity index (χ4n) is 1.81. The lowest BCUT2D eigenvalue weighted by Gasteiger charge is -2.16. The Kier molecular flexibility index (Phi) is 7.02. The molecule has 0 heterocycles. The van der Waals surface area contributed by atoms with E-state index in [0.29, 0.717) is 30.3 Å². The van der Waals surface area contributed by atoms with Gasteiger partial charge in [0.15, 0.2) is 0 Å². The molecular formula is C16H27N3O2. The van der Waals surface area contributed by atoms with Crippen LogP contribution in [0.4, 0.5) is 11.4 Å². The van der Waals surface area contributed by atoms with Crippen molar-refractivity contribution in [2.24, 2.45) is 5.92 Å². The molecule has 3 N–H and O–H groups in total. The third-order valence-electron chi connectivity index (χ3n) is 3.08. The van der Waals surface area contributed by atoms with Crippen molar-refractivity contribution in [1.82, 2.24) is 4.90 Å². The van der Waals surface area contributed by atoms with E-state index in [0.717, 1.165) is 18.7 Å². The highest BCUT2D eigenvalue weighted by molar-refractivity contribution is 5.99. The molecule has 0 saturated heterocycles. The summed E-state index contributed by atoms with van der Waals surface area (Å²) >= 11 is 0. The van der Waals surface area contributed by atoms with Crippen LogP contribution in [0.5, 0.6) is 0 Å². The number of hydrogen-bond acceptors (Lipinski definition) is 4. The van der Waals surface area contributed by atoms with Gasteiger partial charge < -0.3 is 20.7 Å². The molecule has 21 heavy (non-hydrogen) atoms. The summed E-state index contributed by atoms with van der Waals surface area (Å²) in [6.45, 7) is 6.37. The Hall–Kier alpha value is -1.75. The highest BCUT2D eigenvalue weighted by Gasteiger charge is 2.13. The number of hydrogen-bond donors (Lipinski definition) is 2. The van der Waals surface area contributed by atoms with Crippen molar-refractivity contribution >= 4 is 17.3 Å². The predicted octanol–water partition coefficient (Wildman–Crippen LogP) is 2.45. The molecule has 0 saturated carbocycles. The van der Waals surface area contributed by atoms with Gasteiger partial charge in [-0.25, -0.2) is 0 Å². The van der Waals surface area contributed by atoms with Crippen LogP contribution in [0.1, 0.15) is 30.6 Å². The third-order valence-corrected chi connectivity index (χ3v) is 3.08. The average Bonchev–Trinajstić information content (AvgIpc) is 2.41. The molecule has 0 fully saturated rings. The van der Waals surface area contributed by atoms with Crippen LogP contribution < -0.4 is 11.1 Å². The molecule has 1 aromatic rings. The first-order valence-electron chi connectivity index (χ1n) is 7.34. The molecule has 1 rings (SSSR count). The zero-order valence-electron chi connectivity index (χ0n) is 13.5. The lowest BCUT2D eigenvalue weighted by Crippen LogP contribution is -2.23. The van der Waals surface area contributed by atoms with Crippen molar-refractivity contribution in [2.45, 2.75) is 20.3 Å². The third kappa shape index (κ3) is 6.04. The van der Waals surface area contributed by atoms with Gasteiger partial charge in [-0.2, -0.15) is 0 Å². The van der Waals surface area contributed by atoms with E-state index in [9.17, 15) is 4.79 Å². The van der Waals surface area contributed by atoms with E-state index in [1.54, 1.807) is 37.2 Å². The highest BCUT2D eigenvalue weighted by Crippen LogP contribution is 2.20. The van der Waals surface area contributed by atoms with Gasteiger partial charge in [0.25, 0.3) is 5.91 Å². The van der Waals surface area contributed by atoms with Crippen LogP contribution in [0, 0.1) is 5.92 Å². The first-order chi connectivity index (χ1) is 9.91. The van der Waals surface area contributed by atoms with E-state index in [1.807, 2.05) is 0 Å². The van der Waals surface area contributed by atoms with Gasteiger partial charge in [-0.15, -0.1) is 0 Å². The van der Waals surface area contributed by atoms with Gasteiger partial charge in [-0.3, -0.25) is 4.79 Å². The molecule has 0 spiro atoms. The summed E-state index contributed by atoms with van der Waals surface area (Å²) in [7, 11) is 3.47. The van der Waals surface area contributed by atoms with E-state index in [2.05, 4.69) is 19.2 Å². The number of nitrogen functional groups attached to an aromatic ring is 1. The number of benzene rings is 1. The second-order valence-corrected chi connectivity index (χ2v) is 5.73. The zero-order valence-corrected chi connectivity index (χ0v) is 13.5. The standard InChI is InChI=1S/C16H27N3O2/c1-12(2)7-9-21-10-8-18-15-11-13(17)5-6-14(15)16(20)19(3)4/h5-6,11-12,18H,7-10,17H2,1-4H3. The van der Waals surface area contributed by atoms with E-state index in [4.69, 9.17) is 10.5 Å². The van der Waals surface area contributed by atoms with Crippen molar-refractivity contribution in [3.05, 3.63) is 23.8 Å². The van der Waals surface area contributed by atoms with Gasteiger partial charge >= 0.3 is 0 Å². The van der Waals surface area contributed by atoms with Gasteiger partial charge in [0.2, 0.25) is 0 Å². The molecule has 0 atom stereocenters. The molecular weight excluding hydrogens is 266 g/mol. The van der Waals surface area contributed by atoms with Gasteiger partial charge in [-0.05, 0) is 30.5 Å². The zero-order chi connectivity index (χ0) is 15.8. The number of carbonyl (C=O) groups excluding carboxylic acids is 1. The molecule has 118 valence electrons. The van der Waals surface area contributed by atoms with E-state index in [-0.39, 0.29) is 5.91 Å². The Morgan fingerprint density at radius 2 is 2.05 bits per heavy atom. The van der Waals surface area contributed by atoms with E-state index >= 15 is 0 Å². The SMILES string of the molecule is CC(C)CCOCCNc1cc(N)ccc1C(=O)N(C)C. The van der Waals surface area contributed by atoms with Crippen molar-refractivity contribution in [3.8, 4) is 0 Å². The Morgan fingerprint density at radius 3 is 2.67 bits per heavy atom. The first-order valence-corrected chi connectivity index (χ1v) is 7.34. The fourth-order valence-corrected chi connectivity index (χ4v) is 1.81. The summed E-state index contributed by atoms with van der Waals surface area (Å²) < 4.78 is 5.56. The molecule has 0 aliphatic heterocycles. The summed E-state index contributed by atoms with van der Waals surface area (Å²) in [4.78, 5) is 13.7.